The Morgan fingerprint density at radius 2 is 0.870 bits per heavy atom. The third-order valence-electron chi connectivity index (χ3n) is 3.27. The van der Waals surface area contributed by atoms with E-state index in [2.05, 4.69) is 0 Å². The van der Waals surface area contributed by atoms with Crippen LogP contribution in [-0.4, -0.2) is 6.29 Å². The minimum absolute atomic E-state index is 0. The summed E-state index contributed by atoms with van der Waals surface area (Å²) in [6.45, 7) is 0. The molecule has 0 aliphatic heterocycles. The van der Waals surface area contributed by atoms with Crippen LogP contribution in [-0.2, 0) is 23.1 Å². The zero-order chi connectivity index (χ0) is 15.7. The number of rotatable bonds is 3. The van der Waals surface area contributed by atoms with Crippen molar-refractivity contribution in [3.05, 3.63) is 97.1 Å². The third-order valence-corrected chi connectivity index (χ3v) is 6.05. The molecule has 3 aromatic rings. The molecule has 0 spiro atoms. The van der Waals surface area contributed by atoms with Gasteiger partial charge >= 0.3 is 0 Å². The summed E-state index contributed by atoms with van der Waals surface area (Å²) >= 11 is 0. The molecule has 4 heteroatoms. The van der Waals surface area contributed by atoms with Gasteiger partial charge in [0, 0.05) is 29.2 Å². The molecule has 0 bridgehead atoms. The molecule has 0 atom stereocenters. The maximum atomic E-state index is 12.9. The van der Waals surface area contributed by atoms with Crippen molar-refractivity contribution < 1.29 is 23.1 Å². The Bertz CT molecular complexity index is 635. The molecule has 0 amide bonds. The molecule has 0 aromatic heterocycles. The molecule has 1 radical (unpaired) electrons. The van der Waals surface area contributed by atoms with Gasteiger partial charge in [0.05, 0.1) is 6.29 Å². The van der Waals surface area contributed by atoms with Crippen LogP contribution in [0.2, 0.25) is 0 Å². The summed E-state index contributed by atoms with van der Waals surface area (Å²) in [5.74, 6) is 0. The van der Waals surface area contributed by atoms with Crippen molar-refractivity contribution >= 4 is 17.8 Å². The first-order valence-corrected chi connectivity index (χ1v) is 9.07. The Morgan fingerprint density at radius 3 is 1.13 bits per heavy atom. The minimum atomic E-state index is -2.63. The van der Waals surface area contributed by atoms with Crippen molar-refractivity contribution in [2.75, 3.05) is 6.29 Å². The number of nitrogens with two attached hydrogens (primary N) is 1. The van der Waals surface area contributed by atoms with Crippen LogP contribution in [0.4, 0.5) is 0 Å². The predicted molar refractivity (Wildman–Crippen MR) is 95.3 cm³/mol. The predicted octanol–water partition coefficient (Wildman–Crippen LogP) is 3.60. The summed E-state index contributed by atoms with van der Waals surface area (Å²) < 4.78 is 12.9. The Hall–Kier alpha value is -1.57. The van der Waals surface area contributed by atoms with Gasteiger partial charge in [-0.2, -0.15) is 0 Å². The third kappa shape index (κ3) is 5.53. The van der Waals surface area contributed by atoms with E-state index < -0.39 is 7.14 Å². The summed E-state index contributed by atoms with van der Waals surface area (Å²) in [5.41, 5.74) is 5.71. The largest absolute Gasteiger partial charge is 0.324 e. The zero-order valence-corrected chi connectivity index (χ0v) is 15.1. The fraction of sp³-hybridized carbons (Fsp3) is 0.0526. The minimum Gasteiger partial charge on any atom is -0.324 e. The van der Waals surface area contributed by atoms with Gasteiger partial charge in [0.15, 0.2) is 7.14 Å². The van der Waals surface area contributed by atoms with Gasteiger partial charge in [-0.25, -0.2) is 0 Å². The molecule has 0 saturated carbocycles. The fourth-order valence-electron chi connectivity index (χ4n) is 2.08. The van der Waals surface area contributed by atoms with E-state index in [1.807, 2.05) is 97.1 Å². The van der Waals surface area contributed by atoms with Crippen molar-refractivity contribution in [3.63, 3.8) is 0 Å². The van der Waals surface area contributed by atoms with Crippen LogP contribution in [0.5, 0.6) is 0 Å². The number of hydrogen-bond acceptors (Lipinski definition) is 2. The number of hydrogen-bond donors (Lipinski definition) is 1. The molecule has 117 valence electrons. The van der Waals surface area contributed by atoms with E-state index in [0.29, 0.717) is 0 Å². The van der Waals surface area contributed by atoms with Crippen LogP contribution >= 0.6 is 7.14 Å². The van der Waals surface area contributed by atoms with E-state index >= 15 is 0 Å². The van der Waals surface area contributed by atoms with Gasteiger partial charge in [-0.15, -0.1) is 0 Å². The second-order valence-corrected chi connectivity index (χ2v) is 7.63. The average molecular weight is 360 g/mol. The van der Waals surface area contributed by atoms with Gasteiger partial charge in [-0.1, -0.05) is 97.1 Å². The SMILES string of the molecule is NCP(=O)(c1ccccc1)c1ccccc1.[V].c1ccccc1. The van der Waals surface area contributed by atoms with Crippen LogP contribution in [0.15, 0.2) is 97.1 Å². The van der Waals surface area contributed by atoms with Crippen molar-refractivity contribution in [3.8, 4) is 0 Å². The molecule has 23 heavy (non-hydrogen) atoms. The Kier molecular flexibility index (Phi) is 8.69. The second kappa shape index (κ2) is 10.3. The van der Waals surface area contributed by atoms with Crippen LogP contribution in [0.1, 0.15) is 0 Å². The molecule has 3 rings (SSSR count). The van der Waals surface area contributed by atoms with Gasteiger partial charge in [-0.05, 0) is 0 Å². The summed E-state index contributed by atoms with van der Waals surface area (Å²) in [6, 6.07) is 30.9. The average Bonchev–Trinajstić information content (AvgIpc) is 2.64. The number of benzene rings is 3. The monoisotopic (exact) mass is 360 g/mol. The van der Waals surface area contributed by atoms with Gasteiger partial charge in [0.1, 0.15) is 0 Å². The van der Waals surface area contributed by atoms with E-state index in [9.17, 15) is 4.57 Å². The maximum absolute atomic E-state index is 12.9. The molecule has 3 aromatic carbocycles. The van der Waals surface area contributed by atoms with Crippen LogP contribution < -0.4 is 16.3 Å². The first-order valence-electron chi connectivity index (χ1n) is 7.18. The Morgan fingerprint density at radius 1 is 0.609 bits per heavy atom. The first-order chi connectivity index (χ1) is 10.8. The topological polar surface area (TPSA) is 43.1 Å². The smallest absolute Gasteiger partial charge is 0.156 e. The molecule has 0 unspecified atom stereocenters. The van der Waals surface area contributed by atoms with Gasteiger partial charge in [-0.3, -0.25) is 0 Å². The van der Waals surface area contributed by atoms with Gasteiger partial charge in [0.25, 0.3) is 0 Å². The Labute approximate surface area is 150 Å². The Balaban J connectivity index is 0.000000320. The molecule has 0 heterocycles. The van der Waals surface area contributed by atoms with E-state index in [-0.39, 0.29) is 24.8 Å². The van der Waals surface area contributed by atoms with Crippen molar-refractivity contribution in [1.29, 1.82) is 0 Å². The normalized spacial score (nSPS) is 9.96. The molecule has 0 fully saturated rings. The molecule has 0 aliphatic carbocycles. The van der Waals surface area contributed by atoms with E-state index in [1.54, 1.807) is 0 Å². The van der Waals surface area contributed by atoms with Crippen molar-refractivity contribution in [2.45, 2.75) is 0 Å². The molecule has 2 nitrogen and oxygen atoms in total. The molecule has 2 N–H and O–H groups in total. The van der Waals surface area contributed by atoms with Gasteiger partial charge < -0.3 is 10.3 Å². The van der Waals surface area contributed by atoms with E-state index in [1.165, 1.54) is 0 Å². The second-order valence-electron chi connectivity index (χ2n) is 4.75. The molecule has 0 aliphatic rings. The van der Waals surface area contributed by atoms with Crippen molar-refractivity contribution in [2.24, 2.45) is 5.73 Å². The molecular weight excluding hydrogens is 340 g/mol. The van der Waals surface area contributed by atoms with Crippen LogP contribution in [0, 0.1) is 0 Å². The van der Waals surface area contributed by atoms with Crippen molar-refractivity contribution in [1.82, 2.24) is 0 Å². The van der Waals surface area contributed by atoms with E-state index in [4.69, 9.17) is 5.73 Å². The summed E-state index contributed by atoms with van der Waals surface area (Å²) in [4.78, 5) is 0. The van der Waals surface area contributed by atoms with Crippen LogP contribution in [0.25, 0.3) is 0 Å². The first kappa shape index (κ1) is 19.5. The van der Waals surface area contributed by atoms with E-state index in [0.717, 1.165) is 10.6 Å². The zero-order valence-electron chi connectivity index (χ0n) is 12.8. The fourth-order valence-corrected chi connectivity index (χ4v) is 4.11. The summed E-state index contributed by atoms with van der Waals surface area (Å²) in [5, 5.41) is 1.65. The quantitative estimate of drug-likeness (QED) is 0.726. The molecule has 0 saturated heterocycles. The van der Waals surface area contributed by atoms with Crippen LogP contribution in [0.3, 0.4) is 0 Å². The summed E-state index contributed by atoms with van der Waals surface area (Å²) in [7, 11) is -2.63. The van der Waals surface area contributed by atoms with Gasteiger partial charge in [0.2, 0.25) is 0 Å². The standard InChI is InChI=1S/C13H14NOP.C6H6.V/c14-11-16(15,12-7-3-1-4-8-12)13-9-5-2-6-10-13;1-2-4-6-5-3-1;/h1-10H,11,14H2;1-6H;. The molecular formula is C19H20NOPV. The maximum Gasteiger partial charge on any atom is 0.156 e. The summed E-state index contributed by atoms with van der Waals surface area (Å²) in [6.07, 6.45) is 0.168.